The second kappa shape index (κ2) is 9.66. The van der Waals surface area contributed by atoms with Crippen molar-refractivity contribution in [2.24, 2.45) is 4.40 Å². The molecular weight excluding hydrogens is 417 g/mol. The largest absolute Gasteiger partial charge is 1.00 e. The molecule has 12 nitrogen and oxygen atoms in total. The van der Waals surface area contributed by atoms with Crippen LogP contribution in [0.25, 0.3) is 0 Å². The summed E-state index contributed by atoms with van der Waals surface area (Å²) in [6.07, 6.45) is 0. The summed E-state index contributed by atoms with van der Waals surface area (Å²) in [5.41, 5.74) is -0.616. The molecule has 0 aliphatic rings. The first-order valence-corrected chi connectivity index (χ1v) is 8.25. The zero-order valence-corrected chi connectivity index (χ0v) is 17.4. The van der Waals surface area contributed by atoms with Gasteiger partial charge in [-0.15, -0.1) is 4.40 Å². The van der Waals surface area contributed by atoms with E-state index in [1.54, 1.807) is 0 Å². The Morgan fingerprint density at radius 2 is 2.00 bits per heavy atom. The van der Waals surface area contributed by atoms with E-state index in [1.807, 2.05) is 5.32 Å². The average Bonchev–Trinajstić information content (AvgIpc) is 2.53. The molecule has 1 N–H and O–H groups in total. The van der Waals surface area contributed by atoms with Crippen LogP contribution in [0.15, 0.2) is 34.7 Å². The van der Waals surface area contributed by atoms with E-state index in [0.29, 0.717) is 0 Å². The number of anilines is 1. The SMILES string of the molecule is COc1cc(Cl)nc(N/C([O-])=N/S(=O)(=O)Oc2ccccc2[N+](=O)[O-])n1.[Na+]. The standard InChI is InChI=1S/C12H10ClN5O7S.Na/c1-24-10-6-9(13)14-11(15-10)16-12(19)17-26(22,23)25-8-5-3-2-4-7(8)18(20)21;/h2-6H,1H3,(H2,14,15,16,17,19);/q;+1/p-1. The quantitative estimate of drug-likeness (QED) is 0.130. The third-order valence-corrected chi connectivity index (χ3v) is 3.52. The molecular formula is C12H9ClN5NaO7S. The van der Waals surface area contributed by atoms with Crippen molar-refractivity contribution in [3.63, 3.8) is 0 Å². The molecule has 27 heavy (non-hydrogen) atoms. The van der Waals surface area contributed by atoms with Gasteiger partial charge >= 0.3 is 45.5 Å². The number of nitrogens with one attached hydrogen (secondary N) is 1. The van der Waals surface area contributed by atoms with Crippen molar-refractivity contribution in [1.82, 2.24) is 9.97 Å². The Labute approximate surface area is 179 Å². The summed E-state index contributed by atoms with van der Waals surface area (Å²) in [6.45, 7) is 0. The van der Waals surface area contributed by atoms with Crippen LogP contribution in [-0.2, 0) is 10.3 Å². The molecule has 0 atom stereocenters. The summed E-state index contributed by atoms with van der Waals surface area (Å²) in [6, 6.07) is 4.52. The van der Waals surface area contributed by atoms with Crippen LogP contribution in [0, 0.1) is 10.1 Å². The Morgan fingerprint density at radius 1 is 1.33 bits per heavy atom. The van der Waals surface area contributed by atoms with Crippen LogP contribution in [0.1, 0.15) is 0 Å². The van der Waals surface area contributed by atoms with E-state index in [2.05, 4.69) is 18.5 Å². The minimum absolute atomic E-state index is 0. The molecule has 0 radical (unpaired) electrons. The number of rotatable bonds is 6. The monoisotopic (exact) mass is 425 g/mol. The molecule has 0 unspecified atom stereocenters. The van der Waals surface area contributed by atoms with Crippen molar-refractivity contribution < 1.29 is 56.9 Å². The van der Waals surface area contributed by atoms with E-state index in [4.69, 9.17) is 16.3 Å². The van der Waals surface area contributed by atoms with E-state index in [-0.39, 0.29) is 46.5 Å². The number of nitrogens with zero attached hydrogens (tertiary/aromatic N) is 4. The number of hydrogen-bond donors (Lipinski definition) is 1. The first-order chi connectivity index (χ1) is 12.2. The second-order valence-corrected chi connectivity index (χ2v) is 5.91. The predicted molar refractivity (Wildman–Crippen MR) is 87.3 cm³/mol. The Bertz CT molecular complexity index is 972. The van der Waals surface area contributed by atoms with Gasteiger partial charge in [0, 0.05) is 12.1 Å². The van der Waals surface area contributed by atoms with Gasteiger partial charge in [0.2, 0.25) is 17.6 Å². The maximum Gasteiger partial charge on any atom is 1.00 e. The van der Waals surface area contributed by atoms with Gasteiger partial charge in [-0.1, -0.05) is 23.7 Å². The van der Waals surface area contributed by atoms with Gasteiger partial charge < -0.3 is 19.3 Å². The van der Waals surface area contributed by atoms with Gasteiger partial charge in [0.15, 0.2) is 0 Å². The number of para-hydroxylation sites is 2. The Kier molecular flexibility index (Phi) is 8.18. The van der Waals surface area contributed by atoms with Gasteiger partial charge in [-0.05, 0) is 6.07 Å². The molecule has 0 amide bonds. The van der Waals surface area contributed by atoms with E-state index < -0.39 is 32.7 Å². The number of methoxy groups -OCH3 is 1. The van der Waals surface area contributed by atoms with Crippen LogP contribution in [-0.4, -0.2) is 36.4 Å². The molecule has 0 saturated heterocycles. The second-order valence-electron chi connectivity index (χ2n) is 4.31. The number of benzene rings is 1. The topological polar surface area (TPSA) is 169 Å². The summed E-state index contributed by atoms with van der Waals surface area (Å²) in [5.74, 6) is -0.960. The van der Waals surface area contributed by atoms with Crippen LogP contribution in [0.5, 0.6) is 11.6 Å². The Morgan fingerprint density at radius 3 is 2.63 bits per heavy atom. The van der Waals surface area contributed by atoms with Crippen LogP contribution < -0.4 is 48.9 Å². The Hall–Kier alpha value is -2.19. The number of aromatic nitrogens is 2. The molecule has 2 rings (SSSR count). The molecule has 2 aromatic rings. The third-order valence-electron chi connectivity index (χ3n) is 2.55. The number of nitro groups is 1. The summed E-state index contributed by atoms with van der Waals surface area (Å²) >= 11 is 5.68. The first kappa shape index (κ1) is 22.9. The molecule has 0 aliphatic heterocycles. The van der Waals surface area contributed by atoms with Crippen molar-refractivity contribution in [3.8, 4) is 11.6 Å². The van der Waals surface area contributed by atoms with Gasteiger partial charge in [-0.2, -0.15) is 13.4 Å². The zero-order chi connectivity index (χ0) is 19.3. The van der Waals surface area contributed by atoms with Crippen LogP contribution in [0.3, 0.4) is 0 Å². The molecule has 0 fully saturated rings. The molecule has 1 aromatic heterocycles. The molecule has 0 bridgehead atoms. The fraction of sp³-hybridized carbons (Fsp3) is 0.0833. The van der Waals surface area contributed by atoms with Gasteiger partial charge in [0.05, 0.1) is 18.1 Å². The van der Waals surface area contributed by atoms with Gasteiger partial charge in [-0.25, -0.2) is 4.98 Å². The number of halogens is 1. The maximum absolute atomic E-state index is 11.8. The molecule has 1 aromatic carbocycles. The summed E-state index contributed by atoms with van der Waals surface area (Å²) < 4.78 is 35.7. The van der Waals surface area contributed by atoms with Crippen molar-refractivity contribution in [1.29, 1.82) is 0 Å². The van der Waals surface area contributed by atoms with Crippen LogP contribution >= 0.6 is 11.6 Å². The molecule has 0 aliphatic carbocycles. The zero-order valence-electron chi connectivity index (χ0n) is 13.8. The number of hydrogen-bond acceptors (Lipinski definition) is 9. The molecule has 138 valence electrons. The average molecular weight is 426 g/mol. The van der Waals surface area contributed by atoms with Crippen molar-refractivity contribution >= 4 is 39.6 Å². The van der Waals surface area contributed by atoms with E-state index in [9.17, 15) is 23.6 Å². The van der Waals surface area contributed by atoms with Gasteiger partial charge in [0.1, 0.15) is 5.15 Å². The number of nitro benzene ring substituents is 1. The normalized spacial score (nSPS) is 11.3. The predicted octanol–water partition coefficient (Wildman–Crippen LogP) is -2.50. The van der Waals surface area contributed by atoms with Gasteiger partial charge in [0.25, 0.3) is 0 Å². The van der Waals surface area contributed by atoms with Crippen LogP contribution in [0.2, 0.25) is 5.15 Å². The van der Waals surface area contributed by atoms with Gasteiger partial charge in [-0.3, -0.25) is 10.1 Å². The fourth-order valence-electron chi connectivity index (χ4n) is 1.59. The smallest absolute Gasteiger partial charge is 0.845 e. The minimum atomic E-state index is -4.85. The number of amidine groups is 1. The van der Waals surface area contributed by atoms with E-state index >= 15 is 0 Å². The number of ether oxygens (including phenoxy) is 1. The van der Waals surface area contributed by atoms with E-state index in [1.165, 1.54) is 25.3 Å². The fourth-order valence-corrected chi connectivity index (χ4v) is 2.42. The molecule has 1 heterocycles. The first-order valence-electron chi connectivity index (χ1n) is 6.50. The summed E-state index contributed by atoms with van der Waals surface area (Å²) in [4.78, 5) is 17.3. The van der Waals surface area contributed by atoms with Crippen molar-refractivity contribution in [2.75, 3.05) is 12.4 Å². The maximum atomic E-state index is 11.8. The summed E-state index contributed by atoms with van der Waals surface area (Å²) in [7, 11) is -3.56. The van der Waals surface area contributed by atoms with Crippen LogP contribution in [0.4, 0.5) is 11.6 Å². The minimum Gasteiger partial charge on any atom is -0.845 e. The van der Waals surface area contributed by atoms with E-state index in [0.717, 1.165) is 12.1 Å². The third kappa shape index (κ3) is 6.80. The summed E-state index contributed by atoms with van der Waals surface area (Å²) in [5, 5.41) is 24.4. The Balaban J connectivity index is 0.00000364. The molecule has 15 heteroatoms. The van der Waals surface area contributed by atoms with Crippen molar-refractivity contribution in [2.45, 2.75) is 0 Å². The molecule has 0 saturated carbocycles. The molecule has 0 spiro atoms. The van der Waals surface area contributed by atoms with Crippen molar-refractivity contribution in [3.05, 3.63) is 45.6 Å².